The number of nitrogens with two attached hydrogens (primary N) is 1. The van der Waals surface area contributed by atoms with E-state index in [-0.39, 0.29) is 5.91 Å². The molecule has 8 heteroatoms. The maximum Gasteiger partial charge on any atom is 0.261 e. The molecule has 1 aromatic carbocycles. The van der Waals surface area contributed by atoms with E-state index in [1.807, 2.05) is 38.1 Å². The van der Waals surface area contributed by atoms with E-state index in [1.54, 1.807) is 12.3 Å². The molecule has 0 radical (unpaired) electrons. The van der Waals surface area contributed by atoms with Gasteiger partial charge in [0.25, 0.3) is 5.91 Å². The van der Waals surface area contributed by atoms with Crippen LogP contribution in [0.5, 0.6) is 0 Å². The minimum Gasteiger partial charge on any atom is -0.384 e. The zero-order valence-corrected chi connectivity index (χ0v) is 15.0. The molecule has 3 heterocycles. The number of hydrogen-bond acceptors (Lipinski definition) is 6. The van der Waals surface area contributed by atoms with Crippen LogP contribution in [0.25, 0.3) is 16.9 Å². The van der Waals surface area contributed by atoms with E-state index in [2.05, 4.69) is 20.4 Å². The van der Waals surface area contributed by atoms with Crippen LogP contribution in [0.15, 0.2) is 42.7 Å². The van der Waals surface area contributed by atoms with Crippen molar-refractivity contribution in [2.75, 3.05) is 11.1 Å². The number of aryl methyl sites for hydroxylation is 2. The molecule has 3 aromatic heterocycles. The Morgan fingerprint density at radius 1 is 1.19 bits per heavy atom. The van der Waals surface area contributed by atoms with Gasteiger partial charge in [-0.25, -0.2) is 14.5 Å². The topological polar surface area (TPSA) is 98.2 Å². The van der Waals surface area contributed by atoms with Gasteiger partial charge in [0.1, 0.15) is 22.1 Å². The number of carbonyl (C=O) groups excluding carboxylic acids is 1. The lowest BCUT2D eigenvalue weighted by Gasteiger charge is -2.07. The van der Waals surface area contributed by atoms with Crippen molar-refractivity contribution in [1.29, 1.82) is 0 Å². The van der Waals surface area contributed by atoms with Gasteiger partial charge >= 0.3 is 0 Å². The Hall–Kier alpha value is -3.26. The van der Waals surface area contributed by atoms with Crippen molar-refractivity contribution in [1.82, 2.24) is 19.6 Å². The number of benzene rings is 1. The molecule has 7 nitrogen and oxygen atoms in total. The molecule has 1 amide bonds. The predicted molar refractivity (Wildman–Crippen MR) is 102 cm³/mol. The number of nitrogens with zero attached hydrogens (tertiary/aromatic N) is 4. The zero-order chi connectivity index (χ0) is 18.3. The number of thiazole rings is 1. The highest BCUT2D eigenvalue weighted by molar-refractivity contribution is 7.16. The van der Waals surface area contributed by atoms with Crippen LogP contribution in [0, 0.1) is 13.8 Å². The number of amides is 1. The molecule has 130 valence electrons. The SMILES string of the molecule is Cc1nc(-c2ccccc2C)c(NC(=O)c2cnn3ccc(N)nc23)s1. The van der Waals surface area contributed by atoms with Gasteiger partial charge in [-0.2, -0.15) is 5.10 Å². The van der Waals surface area contributed by atoms with E-state index in [0.717, 1.165) is 21.8 Å². The Labute approximate surface area is 153 Å². The normalized spacial score (nSPS) is 11.0. The monoisotopic (exact) mass is 364 g/mol. The summed E-state index contributed by atoms with van der Waals surface area (Å²) >= 11 is 1.44. The fourth-order valence-electron chi connectivity index (χ4n) is 2.75. The van der Waals surface area contributed by atoms with Crippen molar-refractivity contribution >= 4 is 33.7 Å². The fraction of sp³-hybridized carbons (Fsp3) is 0.111. The van der Waals surface area contributed by atoms with Crippen LogP contribution in [0.4, 0.5) is 10.8 Å². The molecule has 0 saturated heterocycles. The van der Waals surface area contributed by atoms with Gasteiger partial charge in [-0.1, -0.05) is 24.3 Å². The molecule has 4 aromatic rings. The van der Waals surface area contributed by atoms with Crippen LogP contribution in [0.3, 0.4) is 0 Å². The Kier molecular flexibility index (Phi) is 3.89. The van der Waals surface area contributed by atoms with E-state index in [4.69, 9.17) is 5.73 Å². The van der Waals surface area contributed by atoms with Gasteiger partial charge in [-0.05, 0) is 25.5 Å². The Morgan fingerprint density at radius 2 is 2.00 bits per heavy atom. The van der Waals surface area contributed by atoms with E-state index in [0.29, 0.717) is 22.0 Å². The molecular weight excluding hydrogens is 348 g/mol. The van der Waals surface area contributed by atoms with E-state index in [1.165, 1.54) is 22.0 Å². The third kappa shape index (κ3) is 2.80. The van der Waals surface area contributed by atoms with Gasteiger partial charge in [-0.3, -0.25) is 4.79 Å². The van der Waals surface area contributed by atoms with Crippen molar-refractivity contribution in [2.24, 2.45) is 0 Å². The van der Waals surface area contributed by atoms with Crippen molar-refractivity contribution in [3.63, 3.8) is 0 Å². The van der Waals surface area contributed by atoms with Crippen LogP contribution in [0.1, 0.15) is 20.9 Å². The number of nitrogens with one attached hydrogen (secondary N) is 1. The maximum absolute atomic E-state index is 12.8. The minimum absolute atomic E-state index is 0.295. The molecular formula is C18H16N6OS. The third-order valence-electron chi connectivity index (χ3n) is 4.00. The summed E-state index contributed by atoms with van der Waals surface area (Å²) in [7, 11) is 0. The van der Waals surface area contributed by atoms with Gasteiger partial charge in [0.2, 0.25) is 0 Å². The standard InChI is InChI=1S/C18H16N6OS/c1-10-5-3-4-6-12(10)15-18(26-11(2)21-15)23-17(25)13-9-20-24-8-7-14(19)22-16(13)24/h3-9H,1-2H3,(H2,19,22)(H,23,25). The highest BCUT2D eigenvalue weighted by atomic mass is 32.1. The summed E-state index contributed by atoms with van der Waals surface area (Å²) in [5, 5.41) is 8.68. The Balaban J connectivity index is 1.72. The van der Waals surface area contributed by atoms with Crippen molar-refractivity contribution in [3.05, 3.63) is 58.9 Å². The first-order chi connectivity index (χ1) is 12.5. The van der Waals surface area contributed by atoms with Gasteiger partial charge in [-0.15, -0.1) is 11.3 Å². The molecule has 0 saturated carbocycles. The molecule has 0 unspecified atom stereocenters. The number of rotatable bonds is 3. The summed E-state index contributed by atoms with van der Waals surface area (Å²) in [6, 6.07) is 9.58. The summed E-state index contributed by atoms with van der Waals surface area (Å²) in [5.74, 6) is 0.0397. The van der Waals surface area contributed by atoms with Gasteiger partial charge in [0, 0.05) is 11.8 Å². The lowest BCUT2D eigenvalue weighted by Crippen LogP contribution is -2.12. The highest BCUT2D eigenvalue weighted by Gasteiger charge is 2.19. The number of carbonyl (C=O) groups is 1. The highest BCUT2D eigenvalue weighted by Crippen LogP contribution is 2.35. The summed E-state index contributed by atoms with van der Waals surface area (Å²) in [4.78, 5) is 21.6. The van der Waals surface area contributed by atoms with Crippen molar-refractivity contribution in [2.45, 2.75) is 13.8 Å². The molecule has 0 spiro atoms. The second kappa shape index (κ2) is 6.23. The van der Waals surface area contributed by atoms with Crippen LogP contribution in [-0.4, -0.2) is 25.5 Å². The van der Waals surface area contributed by atoms with Crippen LogP contribution in [0.2, 0.25) is 0 Å². The summed E-state index contributed by atoms with van der Waals surface area (Å²) in [6.07, 6.45) is 3.16. The average molecular weight is 364 g/mol. The molecule has 0 aliphatic rings. The summed E-state index contributed by atoms with van der Waals surface area (Å²) in [6.45, 7) is 3.94. The fourth-order valence-corrected chi connectivity index (χ4v) is 3.57. The second-order valence-electron chi connectivity index (χ2n) is 5.86. The van der Waals surface area contributed by atoms with Crippen LogP contribution in [-0.2, 0) is 0 Å². The van der Waals surface area contributed by atoms with E-state index in [9.17, 15) is 4.79 Å². The Morgan fingerprint density at radius 3 is 2.81 bits per heavy atom. The number of hydrogen-bond donors (Lipinski definition) is 2. The van der Waals surface area contributed by atoms with E-state index < -0.39 is 0 Å². The molecule has 0 aliphatic heterocycles. The number of fused-ring (bicyclic) bond motifs is 1. The molecule has 3 N–H and O–H groups in total. The second-order valence-corrected chi connectivity index (χ2v) is 7.06. The summed E-state index contributed by atoms with van der Waals surface area (Å²) < 4.78 is 1.52. The number of anilines is 2. The molecule has 0 fully saturated rings. The minimum atomic E-state index is -0.295. The largest absolute Gasteiger partial charge is 0.384 e. The molecule has 0 atom stereocenters. The molecule has 26 heavy (non-hydrogen) atoms. The maximum atomic E-state index is 12.8. The first-order valence-corrected chi connectivity index (χ1v) is 8.79. The first-order valence-electron chi connectivity index (χ1n) is 7.97. The molecule has 4 rings (SSSR count). The molecule has 0 bridgehead atoms. The first kappa shape index (κ1) is 16.2. The lowest BCUT2D eigenvalue weighted by atomic mass is 10.1. The predicted octanol–water partition coefficient (Wildman–Crippen LogP) is 3.30. The van der Waals surface area contributed by atoms with Crippen LogP contribution >= 0.6 is 11.3 Å². The van der Waals surface area contributed by atoms with Gasteiger partial charge in [0.15, 0.2) is 5.65 Å². The number of nitrogen functional groups attached to an aromatic ring is 1. The number of aromatic nitrogens is 4. The van der Waals surface area contributed by atoms with E-state index >= 15 is 0 Å². The van der Waals surface area contributed by atoms with Gasteiger partial charge in [0.05, 0.1) is 11.2 Å². The smallest absolute Gasteiger partial charge is 0.261 e. The average Bonchev–Trinajstić information content (AvgIpc) is 3.18. The Bertz CT molecular complexity index is 1130. The van der Waals surface area contributed by atoms with Gasteiger partial charge < -0.3 is 11.1 Å². The summed E-state index contributed by atoms with van der Waals surface area (Å²) in [5.41, 5.74) is 9.37. The van der Waals surface area contributed by atoms with Crippen molar-refractivity contribution < 1.29 is 4.79 Å². The quantitative estimate of drug-likeness (QED) is 0.581. The van der Waals surface area contributed by atoms with Crippen molar-refractivity contribution in [3.8, 4) is 11.3 Å². The zero-order valence-electron chi connectivity index (χ0n) is 14.2. The third-order valence-corrected chi connectivity index (χ3v) is 4.88. The molecule has 0 aliphatic carbocycles. The van der Waals surface area contributed by atoms with Crippen LogP contribution < -0.4 is 11.1 Å². The lowest BCUT2D eigenvalue weighted by molar-refractivity contribution is 0.102.